The van der Waals surface area contributed by atoms with Gasteiger partial charge in [-0.1, -0.05) is 47.6 Å². The van der Waals surface area contributed by atoms with E-state index in [1.807, 2.05) is 43.3 Å². The molecule has 2 N–H and O–H groups in total. The number of fused-ring (bicyclic) bond motifs is 1. The predicted octanol–water partition coefficient (Wildman–Crippen LogP) is 4.60. The van der Waals surface area contributed by atoms with E-state index in [4.69, 9.17) is 21.1 Å². The van der Waals surface area contributed by atoms with Crippen LogP contribution in [-0.2, 0) is 10.5 Å². The maximum atomic E-state index is 13.0. The summed E-state index contributed by atoms with van der Waals surface area (Å²) in [5.41, 5.74) is 1.87. The Morgan fingerprint density at radius 3 is 2.75 bits per heavy atom. The lowest BCUT2D eigenvalue weighted by Gasteiger charge is -2.25. The third-order valence-corrected chi connectivity index (χ3v) is 6.43. The Balaban J connectivity index is 1.67. The summed E-state index contributed by atoms with van der Waals surface area (Å²) in [5.74, 6) is 1.34. The molecule has 0 saturated heterocycles. The number of hydrogen-bond donors (Lipinski definition) is 2. The minimum Gasteiger partial charge on any atom is -0.493 e. The van der Waals surface area contributed by atoms with E-state index in [2.05, 4.69) is 15.3 Å². The number of methoxy groups -OCH3 is 1. The number of halogens is 1. The van der Waals surface area contributed by atoms with Crippen LogP contribution < -0.4 is 20.3 Å². The van der Waals surface area contributed by atoms with Crippen molar-refractivity contribution >= 4 is 35.1 Å². The average molecular weight is 472 g/mol. The summed E-state index contributed by atoms with van der Waals surface area (Å²) in [6.07, 6.45) is 0.141. The van der Waals surface area contributed by atoms with Gasteiger partial charge in [-0.25, -0.2) is 4.98 Å². The fraction of sp³-hybridized carbons (Fsp3) is 0.261. The van der Waals surface area contributed by atoms with Gasteiger partial charge in [0.05, 0.1) is 19.3 Å². The number of aromatic nitrogens is 2. The molecule has 0 bridgehead atoms. The quantitative estimate of drug-likeness (QED) is 0.386. The van der Waals surface area contributed by atoms with Crippen LogP contribution in [0, 0.1) is 0 Å². The summed E-state index contributed by atoms with van der Waals surface area (Å²) >= 11 is 7.57. The van der Waals surface area contributed by atoms with Gasteiger partial charge in [0.1, 0.15) is 5.82 Å². The second kappa shape index (κ2) is 9.67. The monoisotopic (exact) mass is 471 g/mol. The number of nitrogens with one attached hydrogen (secondary N) is 2. The molecule has 0 unspecified atom stereocenters. The van der Waals surface area contributed by atoms with Gasteiger partial charge < -0.3 is 19.8 Å². The van der Waals surface area contributed by atoms with Gasteiger partial charge in [-0.2, -0.15) is 0 Å². The Kier molecular flexibility index (Phi) is 6.72. The van der Waals surface area contributed by atoms with Gasteiger partial charge in [0, 0.05) is 23.1 Å². The molecule has 32 heavy (non-hydrogen) atoms. The summed E-state index contributed by atoms with van der Waals surface area (Å²) < 4.78 is 11.0. The van der Waals surface area contributed by atoms with Crippen molar-refractivity contribution in [3.8, 4) is 11.5 Å². The number of nitrogens with zero attached hydrogens (tertiary/aromatic N) is 1. The number of thioether (sulfide) groups is 1. The highest BCUT2D eigenvalue weighted by atomic mass is 35.5. The first-order valence-corrected chi connectivity index (χ1v) is 11.5. The minimum absolute atomic E-state index is 0.141. The van der Waals surface area contributed by atoms with Crippen LogP contribution in [0.5, 0.6) is 11.5 Å². The number of carbonyl (C=O) groups is 1. The van der Waals surface area contributed by atoms with Crippen molar-refractivity contribution in [1.82, 2.24) is 9.97 Å². The molecule has 2 aromatic carbocycles. The molecular formula is C23H22ClN3O4S. The number of anilines is 1. The number of aromatic amines is 1. The molecule has 1 aliphatic rings. The molecule has 0 radical (unpaired) electrons. The summed E-state index contributed by atoms with van der Waals surface area (Å²) in [7, 11) is 1.57. The van der Waals surface area contributed by atoms with Crippen LogP contribution in [0.25, 0.3) is 0 Å². The minimum atomic E-state index is -0.442. The first kappa shape index (κ1) is 22.2. The molecule has 0 aliphatic carbocycles. The highest BCUT2D eigenvalue weighted by molar-refractivity contribution is 7.98. The van der Waals surface area contributed by atoms with E-state index in [1.54, 1.807) is 13.2 Å². The first-order chi connectivity index (χ1) is 15.5. The van der Waals surface area contributed by atoms with Crippen LogP contribution in [0.15, 0.2) is 52.4 Å². The SMILES string of the molecule is CCOc1cc([C@@H]2CC(=O)Nc3nc(SCc4ccccc4Cl)[nH]c(=O)c32)ccc1OC. The summed E-state index contributed by atoms with van der Waals surface area (Å²) in [6, 6.07) is 12.9. The van der Waals surface area contributed by atoms with Crippen LogP contribution in [0.4, 0.5) is 5.82 Å². The number of hydrogen-bond acceptors (Lipinski definition) is 6. The largest absolute Gasteiger partial charge is 0.493 e. The number of H-pyrrole nitrogens is 1. The Morgan fingerprint density at radius 1 is 1.19 bits per heavy atom. The average Bonchev–Trinajstić information content (AvgIpc) is 2.78. The van der Waals surface area contributed by atoms with Gasteiger partial charge >= 0.3 is 0 Å². The molecule has 1 atom stereocenters. The van der Waals surface area contributed by atoms with Gasteiger partial charge in [-0.05, 0) is 36.2 Å². The van der Waals surface area contributed by atoms with E-state index in [-0.39, 0.29) is 23.7 Å². The molecule has 1 amide bonds. The zero-order valence-electron chi connectivity index (χ0n) is 17.6. The summed E-state index contributed by atoms with van der Waals surface area (Å²) in [4.78, 5) is 32.9. The number of amides is 1. The van der Waals surface area contributed by atoms with Gasteiger partial charge in [0.25, 0.3) is 5.56 Å². The molecule has 7 nitrogen and oxygen atoms in total. The van der Waals surface area contributed by atoms with Crippen molar-refractivity contribution in [2.75, 3.05) is 19.0 Å². The van der Waals surface area contributed by atoms with Crippen LogP contribution in [0.3, 0.4) is 0 Å². The molecule has 1 aliphatic heterocycles. The molecule has 9 heteroatoms. The second-order valence-electron chi connectivity index (χ2n) is 7.16. The lowest BCUT2D eigenvalue weighted by atomic mass is 9.86. The first-order valence-electron chi connectivity index (χ1n) is 10.1. The number of benzene rings is 2. The molecule has 0 fully saturated rings. The highest BCUT2D eigenvalue weighted by Crippen LogP contribution is 2.38. The molecule has 166 valence electrons. The molecule has 2 heterocycles. The number of ether oxygens (including phenoxy) is 2. The standard InChI is InChI=1S/C23H22ClN3O4S/c1-3-31-18-10-13(8-9-17(18)30-2)15-11-19(28)25-21-20(15)22(29)27-23(26-21)32-12-14-6-4-5-7-16(14)24/h4-10,15H,3,11-12H2,1-2H3,(H2,25,26,27,28,29)/t15-/m0/s1. The van der Waals surface area contributed by atoms with E-state index in [0.717, 1.165) is 11.1 Å². The van der Waals surface area contributed by atoms with Crippen molar-refractivity contribution in [3.05, 3.63) is 74.5 Å². The van der Waals surface area contributed by atoms with Gasteiger partial charge in [0.15, 0.2) is 16.7 Å². The maximum Gasteiger partial charge on any atom is 0.257 e. The van der Waals surface area contributed by atoms with E-state index in [1.165, 1.54) is 11.8 Å². The van der Waals surface area contributed by atoms with Crippen molar-refractivity contribution < 1.29 is 14.3 Å². The predicted molar refractivity (Wildman–Crippen MR) is 125 cm³/mol. The topological polar surface area (TPSA) is 93.3 Å². The molecule has 0 saturated carbocycles. The van der Waals surface area contributed by atoms with E-state index in [9.17, 15) is 9.59 Å². The number of rotatable bonds is 7. The Hall–Kier alpha value is -2.97. The van der Waals surface area contributed by atoms with E-state index < -0.39 is 5.92 Å². The Labute approximate surface area is 194 Å². The van der Waals surface area contributed by atoms with Crippen molar-refractivity contribution in [2.45, 2.75) is 30.2 Å². The zero-order valence-corrected chi connectivity index (χ0v) is 19.2. The van der Waals surface area contributed by atoms with Crippen LogP contribution in [0.2, 0.25) is 5.02 Å². The van der Waals surface area contributed by atoms with Crippen LogP contribution >= 0.6 is 23.4 Å². The van der Waals surface area contributed by atoms with Gasteiger partial charge in [-0.3, -0.25) is 9.59 Å². The molecule has 1 aromatic heterocycles. The number of carbonyl (C=O) groups excluding carboxylic acids is 1. The normalized spacial score (nSPS) is 15.1. The lowest BCUT2D eigenvalue weighted by molar-refractivity contribution is -0.116. The third kappa shape index (κ3) is 4.61. The molecule has 3 aromatic rings. The summed E-state index contributed by atoms with van der Waals surface area (Å²) in [6.45, 7) is 2.35. The van der Waals surface area contributed by atoms with E-state index >= 15 is 0 Å². The van der Waals surface area contributed by atoms with Crippen LogP contribution in [-0.4, -0.2) is 29.6 Å². The smallest absolute Gasteiger partial charge is 0.257 e. The highest BCUT2D eigenvalue weighted by Gasteiger charge is 2.31. The molecule has 4 rings (SSSR count). The maximum absolute atomic E-state index is 13.0. The Morgan fingerprint density at radius 2 is 2.00 bits per heavy atom. The molecule has 0 spiro atoms. The van der Waals surface area contributed by atoms with E-state index in [0.29, 0.717) is 39.6 Å². The van der Waals surface area contributed by atoms with Crippen molar-refractivity contribution in [1.29, 1.82) is 0 Å². The summed E-state index contributed by atoms with van der Waals surface area (Å²) in [5, 5.41) is 3.81. The van der Waals surface area contributed by atoms with Gasteiger partial charge in [-0.15, -0.1) is 0 Å². The van der Waals surface area contributed by atoms with Crippen LogP contribution in [0.1, 0.15) is 36.0 Å². The van der Waals surface area contributed by atoms with Crippen molar-refractivity contribution in [3.63, 3.8) is 0 Å². The zero-order chi connectivity index (χ0) is 22.7. The second-order valence-corrected chi connectivity index (χ2v) is 8.53. The fourth-order valence-corrected chi connectivity index (χ4v) is 4.79. The Bertz CT molecular complexity index is 1210. The van der Waals surface area contributed by atoms with Gasteiger partial charge in [0.2, 0.25) is 5.91 Å². The fourth-order valence-electron chi connectivity index (χ4n) is 3.64. The molecular weight excluding hydrogens is 450 g/mol. The lowest BCUT2D eigenvalue weighted by Crippen LogP contribution is -2.31. The van der Waals surface area contributed by atoms with Crippen molar-refractivity contribution in [2.24, 2.45) is 0 Å². The third-order valence-electron chi connectivity index (χ3n) is 5.14.